The summed E-state index contributed by atoms with van der Waals surface area (Å²) in [4.78, 5) is 14.3. The zero-order valence-electron chi connectivity index (χ0n) is 13.9. The third-order valence-corrected chi connectivity index (χ3v) is 6.78. The number of amides is 1. The van der Waals surface area contributed by atoms with Crippen LogP contribution in [0.1, 0.15) is 36.8 Å². The minimum atomic E-state index is -2.98. The van der Waals surface area contributed by atoms with E-state index in [-0.39, 0.29) is 23.5 Å². The van der Waals surface area contributed by atoms with Crippen LogP contribution in [0, 0.1) is 13.8 Å². The fraction of sp³-hybridized carbons (Fsp3) is 0.733. The summed E-state index contributed by atoms with van der Waals surface area (Å²) in [5.74, 6) is 2.13. The van der Waals surface area contributed by atoms with E-state index >= 15 is 0 Å². The number of rotatable bonds is 7. The van der Waals surface area contributed by atoms with Crippen molar-refractivity contribution in [2.45, 2.75) is 45.4 Å². The van der Waals surface area contributed by atoms with Gasteiger partial charge in [-0.3, -0.25) is 4.79 Å². The Balaban J connectivity index is 1.91. The van der Waals surface area contributed by atoms with E-state index in [9.17, 15) is 13.2 Å². The Kier molecular flexibility index (Phi) is 6.13. The molecule has 1 saturated heterocycles. The molecule has 1 amide bonds. The van der Waals surface area contributed by atoms with Gasteiger partial charge in [-0.05, 0) is 26.7 Å². The van der Waals surface area contributed by atoms with Crippen molar-refractivity contribution in [3.05, 3.63) is 17.0 Å². The van der Waals surface area contributed by atoms with Gasteiger partial charge in [0.2, 0.25) is 5.91 Å². The Morgan fingerprint density at radius 3 is 2.70 bits per heavy atom. The molecule has 0 saturated carbocycles. The largest absolute Gasteiger partial charge is 0.361 e. The van der Waals surface area contributed by atoms with Crippen LogP contribution >= 0.6 is 11.8 Å². The minimum Gasteiger partial charge on any atom is -0.361 e. The Morgan fingerprint density at radius 2 is 2.17 bits per heavy atom. The molecule has 0 N–H and O–H groups in total. The molecule has 0 bridgehead atoms. The molecular formula is C15H24N2O4S2. The summed E-state index contributed by atoms with van der Waals surface area (Å²) in [5.41, 5.74) is 1.89. The number of hydrogen-bond donors (Lipinski definition) is 0. The number of aryl methyl sites for hydroxylation is 2. The Labute approximate surface area is 141 Å². The highest BCUT2D eigenvalue weighted by molar-refractivity contribution is 7.99. The van der Waals surface area contributed by atoms with Crippen molar-refractivity contribution in [3.63, 3.8) is 0 Å². The standard InChI is InChI=1S/C15H24N2O4S2/c1-4-6-17(13-5-7-23(19,20)10-13)15(18)9-22-8-14-11(2)16-21-12(14)3/h13H,4-10H2,1-3H3/t13-/m1/s1. The molecule has 2 heterocycles. The maximum absolute atomic E-state index is 12.5. The summed E-state index contributed by atoms with van der Waals surface area (Å²) in [6.07, 6.45) is 1.39. The van der Waals surface area contributed by atoms with E-state index in [0.29, 0.717) is 24.5 Å². The minimum absolute atomic E-state index is 0.0192. The highest BCUT2D eigenvalue weighted by atomic mass is 32.2. The molecule has 0 aromatic carbocycles. The predicted octanol–water partition coefficient (Wildman–Crippen LogP) is 1.95. The molecule has 0 aliphatic carbocycles. The number of nitrogens with zero attached hydrogens (tertiary/aromatic N) is 2. The van der Waals surface area contributed by atoms with E-state index in [1.54, 1.807) is 4.90 Å². The molecule has 1 aromatic rings. The van der Waals surface area contributed by atoms with Crippen LogP contribution in [0.2, 0.25) is 0 Å². The van der Waals surface area contributed by atoms with Gasteiger partial charge in [-0.15, -0.1) is 11.8 Å². The molecule has 2 rings (SSSR count). The van der Waals surface area contributed by atoms with Crippen LogP contribution in [0.3, 0.4) is 0 Å². The number of sulfone groups is 1. The van der Waals surface area contributed by atoms with Gasteiger partial charge < -0.3 is 9.42 Å². The van der Waals surface area contributed by atoms with E-state index in [1.807, 2.05) is 20.8 Å². The van der Waals surface area contributed by atoms with Gasteiger partial charge in [0.1, 0.15) is 5.76 Å². The van der Waals surface area contributed by atoms with Crippen molar-refractivity contribution in [1.82, 2.24) is 10.1 Å². The topological polar surface area (TPSA) is 80.5 Å². The van der Waals surface area contributed by atoms with Crippen LogP contribution in [0.4, 0.5) is 0 Å². The molecule has 130 valence electrons. The molecule has 0 unspecified atom stereocenters. The van der Waals surface area contributed by atoms with Crippen LogP contribution in [0.5, 0.6) is 0 Å². The molecule has 1 atom stereocenters. The SMILES string of the molecule is CCCN(C(=O)CSCc1c(C)noc1C)[C@@H]1CCS(=O)(=O)C1. The summed E-state index contributed by atoms with van der Waals surface area (Å²) >= 11 is 1.52. The van der Waals surface area contributed by atoms with Crippen LogP contribution < -0.4 is 0 Å². The van der Waals surface area contributed by atoms with E-state index in [4.69, 9.17) is 4.52 Å². The molecule has 0 spiro atoms. The summed E-state index contributed by atoms with van der Waals surface area (Å²) in [5, 5.41) is 3.91. The smallest absolute Gasteiger partial charge is 0.232 e. The van der Waals surface area contributed by atoms with Crippen LogP contribution in [0.25, 0.3) is 0 Å². The van der Waals surface area contributed by atoms with Gasteiger partial charge in [-0.25, -0.2) is 8.42 Å². The monoisotopic (exact) mass is 360 g/mol. The summed E-state index contributed by atoms with van der Waals surface area (Å²) in [6, 6.07) is -0.160. The Bertz CT molecular complexity index is 635. The summed E-state index contributed by atoms with van der Waals surface area (Å²) in [6.45, 7) is 6.37. The second kappa shape index (κ2) is 7.70. The van der Waals surface area contributed by atoms with Crippen molar-refractivity contribution in [1.29, 1.82) is 0 Å². The number of carbonyl (C=O) groups excluding carboxylic acids is 1. The van der Waals surface area contributed by atoms with Crippen molar-refractivity contribution in [2.24, 2.45) is 0 Å². The van der Waals surface area contributed by atoms with E-state index in [1.165, 1.54) is 11.8 Å². The maximum atomic E-state index is 12.5. The first-order chi connectivity index (χ1) is 10.8. The number of hydrogen-bond acceptors (Lipinski definition) is 6. The molecule has 8 heteroatoms. The third-order valence-electron chi connectivity index (χ3n) is 4.09. The van der Waals surface area contributed by atoms with Gasteiger partial charge >= 0.3 is 0 Å². The number of carbonyl (C=O) groups is 1. The van der Waals surface area contributed by atoms with Gasteiger partial charge in [0.05, 0.1) is 23.0 Å². The molecule has 6 nitrogen and oxygen atoms in total. The summed E-state index contributed by atoms with van der Waals surface area (Å²) in [7, 11) is -2.98. The van der Waals surface area contributed by atoms with Gasteiger partial charge in [0, 0.05) is 23.9 Å². The molecular weight excluding hydrogens is 336 g/mol. The fourth-order valence-corrected chi connectivity index (χ4v) is 5.59. The second-order valence-corrected chi connectivity index (χ2v) is 9.15. The van der Waals surface area contributed by atoms with Crippen molar-refractivity contribution >= 4 is 27.5 Å². The molecule has 0 radical (unpaired) electrons. The first kappa shape index (κ1) is 18.3. The fourth-order valence-electron chi connectivity index (χ4n) is 2.80. The van der Waals surface area contributed by atoms with Crippen molar-refractivity contribution < 1.29 is 17.7 Å². The first-order valence-electron chi connectivity index (χ1n) is 7.83. The Morgan fingerprint density at radius 1 is 1.43 bits per heavy atom. The van der Waals surface area contributed by atoms with Gasteiger partial charge in [0.15, 0.2) is 9.84 Å². The van der Waals surface area contributed by atoms with Crippen molar-refractivity contribution in [2.75, 3.05) is 23.8 Å². The van der Waals surface area contributed by atoms with Crippen LogP contribution in [0.15, 0.2) is 4.52 Å². The lowest BCUT2D eigenvalue weighted by molar-refractivity contribution is -0.130. The highest BCUT2D eigenvalue weighted by Gasteiger charge is 2.34. The number of thioether (sulfide) groups is 1. The molecule has 1 aromatic heterocycles. The van der Waals surface area contributed by atoms with Crippen LogP contribution in [-0.4, -0.2) is 54.2 Å². The quantitative estimate of drug-likeness (QED) is 0.739. The molecule has 1 aliphatic rings. The molecule has 1 aliphatic heterocycles. The molecule has 1 fully saturated rings. The van der Waals surface area contributed by atoms with Crippen molar-refractivity contribution in [3.8, 4) is 0 Å². The lowest BCUT2D eigenvalue weighted by atomic mass is 10.2. The van der Waals surface area contributed by atoms with Gasteiger partial charge in [-0.2, -0.15) is 0 Å². The molecule has 23 heavy (non-hydrogen) atoms. The number of aromatic nitrogens is 1. The van der Waals surface area contributed by atoms with Gasteiger partial charge in [-0.1, -0.05) is 12.1 Å². The van der Waals surface area contributed by atoms with Crippen LogP contribution in [-0.2, 0) is 20.4 Å². The van der Waals surface area contributed by atoms with E-state index < -0.39 is 9.84 Å². The zero-order valence-corrected chi connectivity index (χ0v) is 15.5. The lowest BCUT2D eigenvalue weighted by Crippen LogP contribution is -2.42. The van der Waals surface area contributed by atoms with E-state index in [2.05, 4.69) is 5.16 Å². The van der Waals surface area contributed by atoms with E-state index in [0.717, 1.165) is 23.4 Å². The maximum Gasteiger partial charge on any atom is 0.232 e. The second-order valence-electron chi connectivity index (χ2n) is 5.94. The predicted molar refractivity (Wildman–Crippen MR) is 91.2 cm³/mol. The normalized spacial score (nSPS) is 19.9. The summed E-state index contributed by atoms with van der Waals surface area (Å²) < 4.78 is 28.4. The Hall–Kier alpha value is -1.02. The first-order valence-corrected chi connectivity index (χ1v) is 10.8. The van der Waals surface area contributed by atoms with Gasteiger partial charge in [0.25, 0.3) is 0 Å². The lowest BCUT2D eigenvalue weighted by Gasteiger charge is -2.27. The third kappa shape index (κ3) is 4.73. The zero-order chi connectivity index (χ0) is 17.0. The average molecular weight is 361 g/mol. The highest BCUT2D eigenvalue weighted by Crippen LogP contribution is 2.22. The average Bonchev–Trinajstić information content (AvgIpc) is 3.00.